The number of benzene rings is 2. The number of Topliss-reactive ketones (excluding diaryl/α,β-unsaturated/α-hetero) is 2. The van der Waals surface area contributed by atoms with E-state index in [-0.39, 0.29) is 11.6 Å². The Morgan fingerprint density at radius 1 is 0.562 bits per heavy atom. The average Bonchev–Trinajstić information content (AvgIpc) is 2.72. The lowest BCUT2D eigenvalue weighted by Crippen LogP contribution is -2.01. The molecule has 6 nitrogen and oxygen atoms in total. The summed E-state index contributed by atoms with van der Waals surface area (Å²) in [5.74, 6) is 3.18. The first-order chi connectivity index (χ1) is 15.3. The minimum absolute atomic E-state index is 0.145. The maximum atomic E-state index is 11.0. The third kappa shape index (κ3) is 9.86. The Kier molecular flexibility index (Phi) is 12.6. The molecular formula is C26H36O6. The Hall–Kier alpha value is -3.02. The van der Waals surface area contributed by atoms with Crippen LogP contribution in [0.2, 0.25) is 0 Å². The minimum Gasteiger partial charge on any atom is -0.490 e. The van der Waals surface area contributed by atoms with Gasteiger partial charge in [-0.25, -0.2) is 0 Å². The SMILES string of the molecule is CCOc1ccc(CC(C)=O)cc1OCC.CCOc1ccc(CC(C)=O)cc1OCC. The molecule has 0 fully saturated rings. The predicted octanol–water partition coefficient (Wildman–Crippen LogP) is 5.23. The quantitative estimate of drug-likeness (QED) is 0.446. The summed E-state index contributed by atoms with van der Waals surface area (Å²) in [4.78, 5) is 22.0. The number of rotatable bonds is 12. The van der Waals surface area contributed by atoms with Crippen LogP contribution in [0.4, 0.5) is 0 Å². The zero-order valence-corrected chi connectivity index (χ0v) is 20.2. The summed E-state index contributed by atoms with van der Waals surface area (Å²) >= 11 is 0. The molecule has 0 aliphatic carbocycles. The molecule has 0 saturated heterocycles. The van der Waals surface area contributed by atoms with E-state index < -0.39 is 0 Å². The lowest BCUT2D eigenvalue weighted by Gasteiger charge is -2.11. The molecule has 0 bridgehead atoms. The second-order valence-electron chi connectivity index (χ2n) is 7.05. The number of hydrogen-bond acceptors (Lipinski definition) is 6. The normalized spacial score (nSPS) is 9.94. The van der Waals surface area contributed by atoms with E-state index in [4.69, 9.17) is 18.9 Å². The van der Waals surface area contributed by atoms with E-state index >= 15 is 0 Å². The molecule has 0 aromatic heterocycles. The predicted molar refractivity (Wildman–Crippen MR) is 126 cm³/mol. The van der Waals surface area contributed by atoms with Gasteiger partial charge in [-0.3, -0.25) is 9.59 Å². The number of ketones is 2. The van der Waals surface area contributed by atoms with Gasteiger partial charge in [-0.2, -0.15) is 0 Å². The first kappa shape index (κ1) is 27.0. The second-order valence-corrected chi connectivity index (χ2v) is 7.05. The van der Waals surface area contributed by atoms with Crippen molar-refractivity contribution in [2.45, 2.75) is 54.4 Å². The van der Waals surface area contributed by atoms with Crippen molar-refractivity contribution in [3.63, 3.8) is 0 Å². The van der Waals surface area contributed by atoms with Crippen LogP contribution in [-0.4, -0.2) is 38.0 Å². The van der Waals surface area contributed by atoms with Crippen LogP contribution in [0.5, 0.6) is 23.0 Å². The summed E-state index contributed by atoms with van der Waals surface area (Å²) in [5.41, 5.74) is 1.92. The highest BCUT2D eigenvalue weighted by atomic mass is 16.5. The van der Waals surface area contributed by atoms with Gasteiger partial charge in [0.2, 0.25) is 0 Å². The fourth-order valence-electron chi connectivity index (χ4n) is 2.99. The van der Waals surface area contributed by atoms with Crippen molar-refractivity contribution in [1.82, 2.24) is 0 Å². The summed E-state index contributed by atoms with van der Waals surface area (Å²) in [6.07, 6.45) is 0.874. The van der Waals surface area contributed by atoms with Crippen molar-refractivity contribution in [2.75, 3.05) is 26.4 Å². The Morgan fingerprint density at radius 3 is 1.16 bits per heavy atom. The average molecular weight is 445 g/mol. The Bertz CT molecular complexity index is 788. The van der Waals surface area contributed by atoms with Crippen LogP contribution in [0, 0.1) is 0 Å². The van der Waals surface area contributed by atoms with Gasteiger partial charge in [-0.05, 0) is 76.9 Å². The highest BCUT2D eigenvalue weighted by Gasteiger charge is 2.08. The molecular weight excluding hydrogens is 408 g/mol. The first-order valence-electron chi connectivity index (χ1n) is 11.1. The molecule has 2 aromatic carbocycles. The molecule has 0 atom stereocenters. The lowest BCUT2D eigenvalue weighted by atomic mass is 10.1. The van der Waals surface area contributed by atoms with Gasteiger partial charge < -0.3 is 18.9 Å². The highest BCUT2D eigenvalue weighted by Crippen LogP contribution is 2.29. The zero-order chi connectivity index (χ0) is 23.9. The summed E-state index contributed by atoms with van der Waals surface area (Å²) in [6.45, 7) is 13.2. The van der Waals surface area contributed by atoms with E-state index in [0.717, 1.165) is 22.6 Å². The molecule has 0 saturated carbocycles. The topological polar surface area (TPSA) is 71.1 Å². The summed E-state index contributed by atoms with van der Waals surface area (Å²) < 4.78 is 21.8. The fraction of sp³-hybridized carbons (Fsp3) is 0.462. The van der Waals surface area contributed by atoms with Crippen LogP contribution in [0.15, 0.2) is 36.4 Å². The molecule has 0 aliphatic rings. The molecule has 2 rings (SSSR count). The fourth-order valence-corrected chi connectivity index (χ4v) is 2.99. The van der Waals surface area contributed by atoms with Crippen LogP contribution in [0.25, 0.3) is 0 Å². The maximum Gasteiger partial charge on any atom is 0.161 e. The number of carbonyl (C=O) groups excluding carboxylic acids is 2. The second kappa shape index (κ2) is 14.9. The van der Waals surface area contributed by atoms with Gasteiger partial charge in [-0.15, -0.1) is 0 Å². The largest absolute Gasteiger partial charge is 0.490 e. The van der Waals surface area contributed by atoms with E-state index in [0.29, 0.717) is 50.8 Å². The summed E-state index contributed by atoms with van der Waals surface area (Å²) in [5, 5.41) is 0. The van der Waals surface area contributed by atoms with Crippen LogP contribution in [0.3, 0.4) is 0 Å². The molecule has 0 amide bonds. The van der Waals surface area contributed by atoms with Crippen LogP contribution in [-0.2, 0) is 22.4 Å². The number of hydrogen-bond donors (Lipinski definition) is 0. The molecule has 0 N–H and O–H groups in total. The van der Waals surface area contributed by atoms with E-state index in [9.17, 15) is 9.59 Å². The molecule has 0 spiro atoms. The molecule has 2 aromatic rings. The molecule has 32 heavy (non-hydrogen) atoms. The van der Waals surface area contributed by atoms with Crippen molar-refractivity contribution < 1.29 is 28.5 Å². The van der Waals surface area contributed by atoms with Gasteiger partial charge in [0.05, 0.1) is 26.4 Å². The molecule has 0 unspecified atom stereocenters. The monoisotopic (exact) mass is 444 g/mol. The maximum absolute atomic E-state index is 11.0. The molecule has 0 aliphatic heterocycles. The smallest absolute Gasteiger partial charge is 0.161 e. The molecule has 6 heteroatoms. The third-order valence-corrected chi connectivity index (χ3v) is 4.12. The third-order valence-electron chi connectivity index (χ3n) is 4.12. The highest BCUT2D eigenvalue weighted by molar-refractivity contribution is 5.78. The zero-order valence-electron chi connectivity index (χ0n) is 20.2. The van der Waals surface area contributed by atoms with Gasteiger partial charge in [0, 0.05) is 12.8 Å². The van der Waals surface area contributed by atoms with E-state index in [1.165, 1.54) is 0 Å². The van der Waals surface area contributed by atoms with E-state index in [1.54, 1.807) is 13.8 Å². The minimum atomic E-state index is 0.145. The Morgan fingerprint density at radius 2 is 0.875 bits per heavy atom. The standard InChI is InChI=1S/2C13H18O3/c2*1-4-15-12-7-6-11(8-10(3)14)9-13(12)16-5-2/h2*6-7,9H,4-5,8H2,1-3H3. The van der Waals surface area contributed by atoms with Crippen molar-refractivity contribution in [3.8, 4) is 23.0 Å². The van der Waals surface area contributed by atoms with E-state index in [2.05, 4.69) is 0 Å². The van der Waals surface area contributed by atoms with Gasteiger partial charge in [-0.1, -0.05) is 12.1 Å². The van der Waals surface area contributed by atoms with Crippen molar-refractivity contribution >= 4 is 11.6 Å². The van der Waals surface area contributed by atoms with Crippen LogP contribution in [0.1, 0.15) is 52.7 Å². The van der Waals surface area contributed by atoms with Crippen LogP contribution >= 0.6 is 0 Å². The Balaban J connectivity index is 0.000000320. The van der Waals surface area contributed by atoms with Crippen LogP contribution < -0.4 is 18.9 Å². The van der Waals surface area contributed by atoms with Crippen molar-refractivity contribution in [3.05, 3.63) is 47.5 Å². The van der Waals surface area contributed by atoms with Gasteiger partial charge >= 0.3 is 0 Å². The number of ether oxygens (including phenoxy) is 4. The van der Waals surface area contributed by atoms with Gasteiger partial charge in [0.15, 0.2) is 23.0 Å². The first-order valence-corrected chi connectivity index (χ1v) is 11.1. The van der Waals surface area contributed by atoms with Gasteiger partial charge in [0.1, 0.15) is 11.6 Å². The summed E-state index contributed by atoms with van der Waals surface area (Å²) in [7, 11) is 0. The van der Waals surface area contributed by atoms with Crippen molar-refractivity contribution in [2.24, 2.45) is 0 Å². The molecule has 176 valence electrons. The lowest BCUT2D eigenvalue weighted by molar-refractivity contribution is -0.117. The molecule has 0 heterocycles. The van der Waals surface area contributed by atoms with Crippen molar-refractivity contribution in [1.29, 1.82) is 0 Å². The van der Waals surface area contributed by atoms with E-state index in [1.807, 2.05) is 64.1 Å². The number of carbonyl (C=O) groups is 2. The van der Waals surface area contributed by atoms with Gasteiger partial charge in [0.25, 0.3) is 0 Å². The summed E-state index contributed by atoms with van der Waals surface area (Å²) in [6, 6.07) is 11.2. The Labute approximate surface area is 191 Å². The molecule has 0 radical (unpaired) electrons.